The summed E-state index contributed by atoms with van der Waals surface area (Å²) < 4.78 is 10.4. The lowest BCUT2D eigenvalue weighted by molar-refractivity contribution is 0.500. The maximum Gasteiger partial charge on any atom is 0.282 e. The van der Waals surface area contributed by atoms with E-state index >= 15 is 0 Å². The Bertz CT molecular complexity index is 58.5. The van der Waals surface area contributed by atoms with E-state index in [2.05, 4.69) is 0 Å². The highest BCUT2D eigenvalue weighted by Crippen LogP contribution is 1.92. The Kier molecular flexibility index (Phi) is 10.0. The van der Waals surface area contributed by atoms with Gasteiger partial charge in [-0.05, 0) is 19.0 Å². The molecule has 0 spiro atoms. The quantitative estimate of drug-likeness (QED) is 0.362. The molecule has 10 heavy (non-hydrogen) atoms. The van der Waals surface area contributed by atoms with Gasteiger partial charge < -0.3 is 14.0 Å². The Morgan fingerprint density at radius 3 is 2.80 bits per heavy atom. The van der Waals surface area contributed by atoms with Gasteiger partial charge in [0.25, 0.3) is 10.0 Å². The topological polar surface area (TPSA) is 44.5 Å². The molecule has 0 aromatic heterocycles. The Balaban J connectivity index is 2.65. The van der Waals surface area contributed by atoms with Gasteiger partial charge in [0.05, 0.1) is 0 Å². The monoisotopic (exact) mass is 195 g/mol. The zero-order valence-corrected chi connectivity index (χ0v) is 11.5. The number of hydrogen-bond donors (Lipinski definition) is 1. The number of rotatable bonds is 7. The molecule has 0 heterocycles. The van der Waals surface area contributed by atoms with Gasteiger partial charge in [0, 0.05) is 0 Å². The van der Waals surface area contributed by atoms with E-state index in [1.807, 2.05) is 0 Å². The molecule has 0 fully saturated rings. The van der Waals surface area contributed by atoms with Crippen LogP contribution in [0.4, 0.5) is 0 Å². The van der Waals surface area contributed by atoms with Crippen molar-refractivity contribution in [1.82, 2.24) is 0 Å². The average Bonchev–Trinajstić information content (AvgIpc) is 1.97. The fraction of sp³-hybridized carbons (Fsp3) is 1.00. The van der Waals surface area contributed by atoms with Crippen molar-refractivity contribution in [1.29, 1.82) is 0 Å². The van der Waals surface area contributed by atoms with E-state index in [-0.39, 0.29) is 9.76 Å². The van der Waals surface area contributed by atoms with Gasteiger partial charge in [-0.2, -0.15) is 0 Å². The molecule has 0 atom stereocenters. The molecule has 0 aliphatic carbocycles. The molecule has 0 unspecified atom stereocenters. The lowest BCUT2D eigenvalue weighted by Gasteiger charge is -2.00. The van der Waals surface area contributed by atoms with Crippen LogP contribution in [0.15, 0.2) is 0 Å². The molecule has 62 valence electrons. The van der Waals surface area contributed by atoms with Crippen LogP contribution < -0.4 is 5.73 Å². The molecule has 2 N–H and O–H groups in total. The molecule has 0 radical (unpaired) electrons. The summed E-state index contributed by atoms with van der Waals surface area (Å²) in [4.78, 5) is 0. The maximum atomic E-state index is 5.38. The summed E-state index contributed by atoms with van der Waals surface area (Å²) in [7, 11) is 0.111. The van der Waals surface area contributed by atoms with Gasteiger partial charge in [0.1, 0.15) is 20.2 Å². The third-order valence-corrected chi connectivity index (χ3v) is 4.75. The molecule has 0 bridgehead atoms. The maximum absolute atomic E-state index is 5.38. The van der Waals surface area contributed by atoms with Crippen LogP contribution in [-0.4, -0.2) is 36.8 Å². The second-order valence-corrected chi connectivity index (χ2v) is 7.46. The minimum absolute atomic E-state index is 0.217. The SMILES string of the molecule is NCCCC[SiH2]O[SiH2]O[SiH3]. The van der Waals surface area contributed by atoms with Gasteiger partial charge in [-0.1, -0.05) is 6.42 Å². The smallest absolute Gasteiger partial charge is 0.282 e. The zero-order chi connectivity index (χ0) is 7.66. The first-order valence-electron chi connectivity index (χ1n) is 3.68. The summed E-state index contributed by atoms with van der Waals surface area (Å²) in [6.07, 6.45) is 2.40. The zero-order valence-electron chi connectivity index (χ0n) is 6.64. The highest BCUT2D eigenvalue weighted by Gasteiger charge is 1.88. The summed E-state index contributed by atoms with van der Waals surface area (Å²) in [5.74, 6) is 0. The molecular formula is C4H17NO2Si3. The summed E-state index contributed by atoms with van der Waals surface area (Å²) in [6.45, 7) is 0.822. The van der Waals surface area contributed by atoms with Crippen LogP contribution in [0.1, 0.15) is 12.8 Å². The highest BCUT2D eigenvalue weighted by atomic mass is 28.3. The first-order chi connectivity index (χ1) is 4.91. The van der Waals surface area contributed by atoms with Crippen molar-refractivity contribution in [3.8, 4) is 0 Å². The molecular weight excluding hydrogens is 178 g/mol. The van der Waals surface area contributed by atoms with E-state index < -0.39 is 10.0 Å². The van der Waals surface area contributed by atoms with Crippen LogP contribution in [0.5, 0.6) is 0 Å². The van der Waals surface area contributed by atoms with Crippen LogP contribution >= 0.6 is 0 Å². The van der Waals surface area contributed by atoms with Crippen molar-refractivity contribution < 1.29 is 8.23 Å². The van der Waals surface area contributed by atoms with Crippen molar-refractivity contribution in [3.63, 3.8) is 0 Å². The van der Waals surface area contributed by atoms with Gasteiger partial charge in [-0.25, -0.2) is 0 Å². The molecule has 0 aliphatic rings. The molecule has 0 aromatic rings. The fourth-order valence-electron chi connectivity index (χ4n) is 0.667. The second-order valence-electron chi connectivity index (χ2n) is 2.16. The standard InChI is InChI=1S/C4H17NO2Si3/c5-3-1-2-4-9-7-10-6-8/h1-5,9-10H2,8H3. The first-order valence-corrected chi connectivity index (χ1v) is 7.23. The molecule has 0 saturated carbocycles. The van der Waals surface area contributed by atoms with Crippen molar-refractivity contribution in [3.05, 3.63) is 0 Å². The summed E-state index contributed by atoms with van der Waals surface area (Å²) in [5.41, 5.74) is 5.33. The lowest BCUT2D eigenvalue weighted by atomic mass is 10.3. The summed E-state index contributed by atoms with van der Waals surface area (Å²) in [5, 5.41) is 0. The van der Waals surface area contributed by atoms with Gasteiger partial charge in [-0.3, -0.25) is 0 Å². The van der Waals surface area contributed by atoms with E-state index in [9.17, 15) is 0 Å². The first kappa shape index (κ1) is 10.5. The Morgan fingerprint density at radius 2 is 2.20 bits per heavy atom. The van der Waals surface area contributed by atoms with Crippen molar-refractivity contribution in [2.24, 2.45) is 5.73 Å². The van der Waals surface area contributed by atoms with Gasteiger partial charge in [0.2, 0.25) is 0 Å². The average molecular weight is 195 g/mol. The third kappa shape index (κ3) is 8.53. The van der Waals surface area contributed by atoms with Crippen LogP contribution in [0, 0.1) is 0 Å². The predicted molar refractivity (Wildman–Crippen MR) is 52.3 cm³/mol. The number of hydrogen-bond acceptors (Lipinski definition) is 3. The Hall–Kier alpha value is 0.531. The van der Waals surface area contributed by atoms with Gasteiger partial charge in [-0.15, -0.1) is 0 Å². The van der Waals surface area contributed by atoms with Crippen LogP contribution in [0.3, 0.4) is 0 Å². The van der Waals surface area contributed by atoms with Gasteiger partial charge >= 0.3 is 0 Å². The Labute approximate surface area is 70.2 Å². The largest absolute Gasteiger partial charge is 0.449 e. The third-order valence-electron chi connectivity index (χ3n) is 1.19. The molecule has 6 heteroatoms. The van der Waals surface area contributed by atoms with E-state index in [1.165, 1.54) is 12.5 Å². The molecule has 0 aliphatic heterocycles. The van der Waals surface area contributed by atoms with Gasteiger partial charge in [0.15, 0.2) is 0 Å². The van der Waals surface area contributed by atoms with Crippen molar-refractivity contribution in [2.75, 3.05) is 6.54 Å². The van der Waals surface area contributed by atoms with Crippen molar-refractivity contribution >= 4 is 30.3 Å². The molecule has 0 amide bonds. The molecule has 0 rings (SSSR count). The van der Waals surface area contributed by atoms with E-state index in [0.717, 1.165) is 23.5 Å². The molecule has 0 aromatic carbocycles. The predicted octanol–water partition coefficient (Wildman–Crippen LogP) is -2.46. The minimum Gasteiger partial charge on any atom is -0.449 e. The number of unbranched alkanes of at least 4 members (excludes halogenated alkanes) is 1. The van der Waals surface area contributed by atoms with E-state index in [1.54, 1.807) is 0 Å². The van der Waals surface area contributed by atoms with E-state index in [4.69, 9.17) is 14.0 Å². The van der Waals surface area contributed by atoms with E-state index in [0.29, 0.717) is 0 Å². The number of nitrogens with two attached hydrogens (primary N) is 1. The minimum atomic E-state index is -0.520. The van der Waals surface area contributed by atoms with Crippen LogP contribution in [0.25, 0.3) is 0 Å². The summed E-state index contributed by atoms with van der Waals surface area (Å²) in [6, 6.07) is 1.27. The van der Waals surface area contributed by atoms with Crippen LogP contribution in [0.2, 0.25) is 6.04 Å². The van der Waals surface area contributed by atoms with Crippen LogP contribution in [-0.2, 0) is 8.23 Å². The molecule has 0 saturated heterocycles. The Morgan fingerprint density at radius 1 is 1.40 bits per heavy atom. The van der Waals surface area contributed by atoms with Crippen molar-refractivity contribution in [2.45, 2.75) is 18.9 Å². The fourth-order valence-corrected chi connectivity index (χ4v) is 4.68. The highest BCUT2D eigenvalue weighted by molar-refractivity contribution is 6.41. The second kappa shape index (κ2) is 9.53. The lowest BCUT2D eigenvalue weighted by Crippen LogP contribution is -2.07. The normalized spacial score (nSPS) is 12.9. The summed E-state index contributed by atoms with van der Waals surface area (Å²) >= 11 is 0. The molecule has 3 nitrogen and oxygen atoms in total.